The van der Waals surface area contributed by atoms with Crippen molar-refractivity contribution in [3.8, 4) is 5.75 Å². The van der Waals surface area contributed by atoms with E-state index in [-0.39, 0.29) is 5.91 Å². The van der Waals surface area contributed by atoms with Crippen LogP contribution in [-0.4, -0.2) is 38.6 Å². The molecular formula is C21H24N2O2. The molecule has 1 amide bonds. The van der Waals surface area contributed by atoms with E-state index in [1.54, 1.807) is 11.0 Å². The molecule has 130 valence electrons. The Bertz CT molecular complexity index is 779. The number of ether oxygens (including phenoxy) is 1. The van der Waals surface area contributed by atoms with Crippen LogP contribution in [0.15, 0.2) is 48.5 Å². The summed E-state index contributed by atoms with van der Waals surface area (Å²) in [7, 11) is 5.85. The summed E-state index contributed by atoms with van der Waals surface area (Å²) in [6, 6.07) is 14.3. The first-order valence-corrected chi connectivity index (χ1v) is 8.48. The van der Waals surface area contributed by atoms with Gasteiger partial charge in [0.2, 0.25) is 5.91 Å². The van der Waals surface area contributed by atoms with Crippen LogP contribution < -0.4 is 9.64 Å². The predicted molar refractivity (Wildman–Crippen MR) is 102 cm³/mol. The highest BCUT2D eigenvalue weighted by Gasteiger charge is 2.11. The number of hydrogen-bond donors (Lipinski definition) is 0. The maximum absolute atomic E-state index is 12.3. The molecule has 3 rings (SSSR count). The molecular weight excluding hydrogens is 312 g/mol. The number of hydrogen-bond acceptors (Lipinski definition) is 3. The van der Waals surface area contributed by atoms with Crippen LogP contribution in [0, 0.1) is 0 Å². The number of carbonyl (C=O) groups is 1. The van der Waals surface area contributed by atoms with E-state index in [1.807, 2.05) is 39.4 Å². The first-order valence-electron chi connectivity index (χ1n) is 8.48. The Morgan fingerprint density at radius 2 is 1.88 bits per heavy atom. The lowest BCUT2D eigenvalue weighted by atomic mass is 10.1. The molecule has 0 saturated carbocycles. The molecule has 0 atom stereocenters. The third-order valence-corrected chi connectivity index (χ3v) is 4.38. The lowest BCUT2D eigenvalue weighted by Gasteiger charge is -2.17. The molecule has 0 bridgehead atoms. The van der Waals surface area contributed by atoms with E-state index < -0.39 is 0 Å². The Labute approximate surface area is 149 Å². The van der Waals surface area contributed by atoms with Crippen molar-refractivity contribution in [1.29, 1.82) is 0 Å². The van der Waals surface area contributed by atoms with E-state index in [0.29, 0.717) is 6.54 Å². The van der Waals surface area contributed by atoms with Gasteiger partial charge in [-0.3, -0.25) is 4.79 Å². The fourth-order valence-electron chi connectivity index (χ4n) is 2.86. The van der Waals surface area contributed by atoms with Crippen molar-refractivity contribution in [2.24, 2.45) is 0 Å². The summed E-state index contributed by atoms with van der Waals surface area (Å²) >= 11 is 0. The highest BCUT2D eigenvalue weighted by molar-refractivity contribution is 5.91. The van der Waals surface area contributed by atoms with Gasteiger partial charge >= 0.3 is 0 Å². The highest BCUT2D eigenvalue weighted by atomic mass is 16.5. The fourth-order valence-corrected chi connectivity index (χ4v) is 2.86. The predicted octanol–water partition coefficient (Wildman–Crippen LogP) is 3.36. The molecule has 0 fully saturated rings. The zero-order valence-electron chi connectivity index (χ0n) is 15.0. The van der Waals surface area contributed by atoms with Crippen LogP contribution in [0.2, 0.25) is 0 Å². The Morgan fingerprint density at radius 3 is 2.60 bits per heavy atom. The van der Waals surface area contributed by atoms with E-state index in [0.717, 1.165) is 35.6 Å². The molecule has 0 unspecified atom stereocenters. The van der Waals surface area contributed by atoms with Gasteiger partial charge < -0.3 is 14.5 Å². The van der Waals surface area contributed by atoms with Crippen molar-refractivity contribution in [2.75, 3.05) is 32.6 Å². The maximum atomic E-state index is 12.3. The van der Waals surface area contributed by atoms with Gasteiger partial charge in [-0.2, -0.15) is 0 Å². The molecule has 4 heteroatoms. The number of carbonyl (C=O) groups excluding carboxylic acids is 1. The summed E-state index contributed by atoms with van der Waals surface area (Å²) in [5, 5.41) is 0. The first kappa shape index (κ1) is 17.1. The van der Waals surface area contributed by atoms with Gasteiger partial charge in [-0.25, -0.2) is 0 Å². The van der Waals surface area contributed by atoms with Gasteiger partial charge in [0.1, 0.15) is 5.75 Å². The van der Waals surface area contributed by atoms with Gasteiger partial charge in [-0.05, 0) is 47.0 Å². The molecule has 1 aliphatic heterocycles. The molecule has 25 heavy (non-hydrogen) atoms. The maximum Gasteiger partial charge on any atom is 0.246 e. The largest absolute Gasteiger partial charge is 0.493 e. The first-order chi connectivity index (χ1) is 12.0. The van der Waals surface area contributed by atoms with Crippen molar-refractivity contribution in [3.63, 3.8) is 0 Å². The minimum Gasteiger partial charge on any atom is -0.493 e. The Balaban J connectivity index is 1.60. The molecule has 0 N–H and O–H groups in total. The minimum absolute atomic E-state index is 0.00608. The molecule has 0 saturated heterocycles. The summed E-state index contributed by atoms with van der Waals surface area (Å²) < 4.78 is 5.50. The van der Waals surface area contributed by atoms with Crippen LogP contribution in [0.4, 0.5) is 5.69 Å². The quantitative estimate of drug-likeness (QED) is 0.785. The SMILES string of the molecule is CN(Cc1ccc(N(C)C)cc1)C(=O)/C=C/c1ccc2c(c1)CCO2. The smallest absolute Gasteiger partial charge is 0.246 e. The Hall–Kier alpha value is -2.75. The Morgan fingerprint density at radius 1 is 1.12 bits per heavy atom. The third-order valence-electron chi connectivity index (χ3n) is 4.38. The normalized spacial score (nSPS) is 12.8. The van der Waals surface area contributed by atoms with Gasteiger partial charge in [-0.1, -0.05) is 18.2 Å². The van der Waals surface area contributed by atoms with E-state index in [4.69, 9.17) is 4.74 Å². The number of amides is 1. The summed E-state index contributed by atoms with van der Waals surface area (Å²) in [5.74, 6) is 0.954. The van der Waals surface area contributed by atoms with E-state index >= 15 is 0 Å². The second-order valence-electron chi connectivity index (χ2n) is 6.55. The number of fused-ring (bicyclic) bond motifs is 1. The highest BCUT2D eigenvalue weighted by Crippen LogP contribution is 2.26. The van der Waals surface area contributed by atoms with Crippen LogP contribution in [0.25, 0.3) is 6.08 Å². The Kier molecular flexibility index (Phi) is 5.08. The fraction of sp³-hybridized carbons (Fsp3) is 0.286. The molecule has 0 spiro atoms. The van der Waals surface area contributed by atoms with Crippen LogP contribution in [-0.2, 0) is 17.8 Å². The van der Waals surface area contributed by atoms with Crippen molar-refractivity contribution in [3.05, 3.63) is 65.2 Å². The standard InChI is InChI=1S/C21H24N2O2/c1-22(2)19-8-4-17(5-9-19)15-23(3)21(24)11-7-16-6-10-20-18(14-16)12-13-25-20/h4-11,14H,12-13,15H2,1-3H3/b11-7+. The lowest BCUT2D eigenvalue weighted by Crippen LogP contribution is -2.24. The topological polar surface area (TPSA) is 32.8 Å². The summed E-state index contributed by atoms with van der Waals surface area (Å²) in [5.41, 5.74) is 4.51. The molecule has 0 aromatic heterocycles. The molecule has 1 aliphatic rings. The zero-order chi connectivity index (χ0) is 17.8. The molecule has 0 aliphatic carbocycles. The average Bonchev–Trinajstić information content (AvgIpc) is 3.07. The van der Waals surface area contributed by atoms with Gasteiger partial charge in [0, 0.05) is 45.9 Å². The summed E-state index contributed by atoms with van der Waals surface area (Å²) in [6.45, 7) is 1.34. The molecule has 2 aromatic rings. The molecule has 1 heterocycles. The zero-order valence-corrected chi connectivity index (χ0v) is 15.0. The van der Waals surface area contributed by atoms with Crippen LogP contribution in [0.1, 0.15) is 16.7 Å². The second-order valence-corrected chi connectivity index (χ2v) is 6.55. The van der Waals surface area contributed by atoms with Gasteiger partial charge in [0.05, 0.1) is 6.61 Å². The van der Waals surface area contributed by atoms with Gasteiger partial charge in [-0.15, -0.1) is 0 Å². The van der Waals surface area contributed by atoms with Crippen molar-refractivity contribution < 1.29 is 9.53 Å². The number of nitrogens with zero attached hydrogens (tertiary/aromatic N) is 2. The molecule has 2 aromatic carbocycles. The number of benzene rings is 2. The molecule has 0 radical (unpaired) electrons. The minimum atomic E-state index is -0.00608. The van der Waals surface area contributed by atoms with Crippen molar-refractivity contribution in [1.82, 2.24) is 4.90 Å². The van der Waals surface area contributed by atoms with Crippen LogP contribution in [0.5, 0.6) is 5.75 Å². The third kappa shape index (κ3) is 4.21. The second kappa shape index (κ2) is 7.43. The van der Waals surface area contributed by atoms with Crippen LogP contribution >= 0.6 is 0 Å². The van der Waals surface area contributed by atoms with Crippen molar-refractivity contribution >= 4 is 17.7 Å². The summed E-state index contributed by atoms with van der Waals surface area (Å²) in [6.07, 6.45) is 4.44. The van der Waals surface area contributed by atoms with Gasteiger partial charge in [0.25, 0.3) is 0 Å². The van der Waals surface area contributed by atoms with E-state index in [1.165, 1.54) is 5.56 Å². The molecule has 4 nitrogen and oxygen atoms in total. The van der Waals surface area contributed by atoms with Crippen molar-refractivity contribution in [2.45, 2.75) is 13.0 Å². The van der Waals surface area contributed by atoms with Crippen LogP contribution in [0.3, 0.4) is 0 Å². The average molecular weight is 336 g/mol. The number of rotatable bonds is 5. The van der Waals surface area contributed by atoms with E-state index in [9.17, 15) is 4.79 Å². The number of anilines is 1. The van der Waals surface area contributed by atoms with Gasteiger partial charge in [0.15, 0.2) is 0 Å². The number of likely N-dealkylation sites (N-methyl/N-ethyl adjacent to an activating group) is 1. The van der Waals surface area contributed by atoms with E-state index in [2.05, 4.69) is 35.2 Å². The summed E-state index contributed by atoms with van der Waals surface area (Å²) in [4.78, 5) is 16.1. The lowest BCUT2D eigenvalue weighted by molar-refractivity contribution is -0.125. The monoisotopic (exact) mass is 336 g/mol.